The summed E-state index contributed by atoms with van der Waals surface area (Å²) < 4.78 is 10.5. The van der Waals surface area contributed by atoms with E-state index in [1.165, 1.54) is 203 Å². The molecule has 0 aliphatic rings. The molecule has 0 radical (unpaired) electrons. The molecule has 406 valence electrons. The highest BCUT2D eigenvalue weighted by Crippen LogP contribution is 2.53. The van der Waals surface area contributed by atoms with Crippen LogP contribution in [0.4, 0.5) is 0 Å². The van der Waals surface area contributed by atoms with Gasteiger partial charge in [0.2, 0.25) is 82.9 Å². The Morgan fingerprint density at radius 1 is 0.207 bits per heavy atom. The molecule has 0 saturated carbocycles. The van der Waals surface area contributed by atoms with Crippen LogP contribution in [-0.2, 0) is 10.8 Å². The topological polar surface area (TPSA) is 0 Å². The smallest absolute Gasteiger partial charge is 0.0575 e. The number of rotatable bonds is 4. The molecule has 0 bridgehead atoms. The largest absolute Gasteiger partial charge is 0.245 e. The van der Waals surface area contributed by atoms with Gasteiger partial charge in [-0.3, -0.25) is 0 Å². The third-order valence-electron chi connectivity index (χ3n) is 17.7. The van der Waals surface area contributed by atoms with Crippen LogP contribution in [0.3, 0.4) is 0 Å². The van der Waals surface area contributed by atoms with Crippen LogP contribution >= 0.6 is 45.3 Å². The fraction of sp³-hybridized carbons (Fsp3) is 0.256. The summed E-state index contributed by atoms with van der Waals surface area (Å²) in [6, 6.07) is 49.2. The number of fused-ring (bicyclic) bond motifs is 8. The van der Waals surface area contributed by atoms with Crippen molar-refractivity contribution >= 4 is 126 Å². The third-order valence-corrected chi connectivity index (χ3v) is 22.2. The first-order valence-electron chi connectivity index (χ1n) is 29.2. The highest BCUT2D eigenvalue weighted by Gasteiger charge is 2.34. The van der Waals surface area contributed by atoms with E-state index in [9.17, 15) is 0 Å². The molecule has 4 heteroatoms. The SMILES string of the molecule is Cc1cc(C)c(-c2c3ccc(C(C)(C)C)cc3[s+]c3cc4c(-c5c(C)cc(C)cc5C)c5cc6c(-c7c(C)cc(C)cc7C)c7cc8[s+]c9ccc(C(C)(C)C)cc9c(-c9c(C)cc(C)cc9C)c8cc7[s+]c6cc5[s+]c4cc23)c(C)c1. The Morgan fingerprint density at radius 3 is 0.780 bits per heavy atom. The Balaban J connectivity index is 1.21. The molecule has 0 nitrogen and oxygen atoms in total. The second-order valence-electron chi connectivity index (χ2n) is 26.5. The number of aryl methyl sites for hydroxylation is 12. The molecule has 4 heterocycles. The number of hydrogen-bond donors (Lipinski definition) is 0. The van der Waals surface area contributed by atoms with Gasteiger partial charge >= 0.3 is 0 Å². The molecule has 0 N–H and O–H groups in total. The predicted octanol–water partition coefficient (Wildman–Crippen LogP) is 25.2. The van der Waals surface area contributed by atoms with Crippen LogP contribution in [0.5, 0.6) is 0 Å². The van der Waals surface area contributed by atoms with Gasteiger partial charge in [0.05, 0.1) is 27.6 Å². The van der Waals surface area contributed by atoms with Crippen molar-refractivity contribution in [2.24, 2.45) is 0 Å². The average molecular weight is 1140 g/mol. The van der Waals surface area contributed by atoms with Gasteiger partial charge in [0.1, 0.15) is 0 Å². The van der Waals surface area contributed by atoms with Crippen LogP contribution in [0.15, 0.2) is 121 Å². The van der Waals surface area contributed by atoms with E-state index in [0.29, 0.717) is 0 Å². The van der Waals surface area contributed by atoms with Gasteiger partial charge in [0, 0.05) is 80.2 Å². The maximum absolute atomic E-state index is 2.62. The van der Waals surface area contributed by atoms with Crippen molar-refractivity contribution in [1.82, 2.24) is 0 Å². The normalized spacial score (nSPS) is 12.5. The third kappa shape index (κ3) is 8.93. The van der Waals surface area contributed by atoms with Crippen molar-refractivity contribution < 1.29 is 0 Å². The van der Waals surface area contributed by atoms with E-state index in [4.69, 9.17) is 0 Å². The van der Waals surface area contributed by atoms with Crippen LogP contribution in [-0.4, -0.2) is 0 Å². The minimum Gasteiger partial charge on any atom is -0.0575 e. The minimum absolute atomic E-state index is 0.0111. The zero-order valence-corrected chi connectivity index (χ0v) is 54.4. The average Bonchev–Trinajstić information content (AvgIpc) is 3.53. The monoisotopic (exact) mass is 1140 g/mol. The van der Waals surface area contributed by atoms with Gasteiger partial charge in [-0.2, -0.15) is 0 Å². The molecule has 0 unspecified atom stereocenters. The Labute approximate surface area is 501 Å². The first-order valence-corrected chi connectivity index (χ1v) is 32.5. The fourth-order valence-electron chi connectivity index (χ4n) is 14.3. The Kier molecular flexibility index (Phi) is 13.0. The lowest BCUT2D eigenvalue weighted by molar-refractivity contribution is 0.591. The van der Waals surface area contributed by atoms with Gasteiger partial charge in [0.15, 0.2) is 0 Å². The second kappa shape index (κ2) is 19.5. The molecule has 9 aromatic carbocycles. The minimum atomic E-state index is 0.0111. The summed E-state index contributed by atoms with van der Waals surface area (Å²) >= 11 is 7.85. The van der Waals surface area contributed by atoms with E-state index >= 15 is 0 Å². The summed E-state index contributed by atoms with van der Waals surface area (Å²) in [4.78, 5) is 0. The van der Waals surface area contributed by atoms with Crippen LogP contribution in [0.2, 0.25) is 0 Å². The van der Waals surface area contributed by atoms with E-state index < -0.39 is 0 Å². The van der Waals surface area contributed by atoms with Gasteiger partial charge < -0.3 is 0 Å². The summed E-state index contributed by atoms with van der Waals surface area (Å²) in [7, 11) is 0. The van der Waals surface area contributed by atoms with E-state index in [2.05, 4.69) is 246 Å². The Morgan fingerprint density at radius 2 is 0.451 bits per heavy atom. The highest BCUT2D eigenvalue weighted by atomic mass is 32.1. The highest BCUT2D eigenvalue weighted by molar-refractivity contribution is 7.28. The molecule has 0 aliphatic heterocycles. The van der Waals surface area contributed by atoms with Gasteiger partial charge in [-0.25, -0.2) is 0 Å². The Hall–Kier alpha value is -6.66. The first-order chi connectivity index (χ1) is 38.8. The standard InChI is InChI=1S/C78H74S4/c1-39-23-43(5)69(44(6)24-39)73-53-21-19-52(78(16,17)18)32-62(53)80-64-37-60-65(34-57(64)73)81-67-38-68-55(33-56(67)76(60)72-49(11)29-42(4)30-50(72)12)75(71-47(9)27-41(3)28-48(71)10)59-35-63-58(36-66(59)82-68)74(70-45(7)25-40(2)26-46(70)8)54-31-51(77(13,14)15)20-22-61(54)79-63/h19-38H,1-18H3/q+4. The lowest BCUT2D eigenvalue weighted by atomic mass is 9.84. The summed E-state index contributed by atoms with van der Waals surface area (Å²) in [6.45, 7) is 41.6. The molecular formula is C78H74S4+4. The van der Waals surface area contributed by atoms with E-state index in [0.717, 1.165) is 0 Å². The van der Waals surface area contributed by atoms with Crippen LogP contribution < -0.4 is 0 Å². The van der Waals surface area contributed by atoms with Crippen molar-refractivity contribution in [3.63, 3.8) is 0 Å². The maximum Gasteiger partial charge on any atom is 0.245 e. The van der Waals surface area contributed by atoms with E-state index in [-0.39, 0.29) is 10.8 Å². The molecular weight excluding hydrogens is 1070 g/mol. The molecule has 0 spiro atoms. The van der Waals surface area contributed by atoms with Gasteiger partial charge in [-0.05, 0) is 190 Å². The van der Waals surface area contributed by atoms with Crippen LogP contribution in [0.25, 0.3) is 125 Å². The summed E-state index contributed by atoms with van der Waals surface area (Å²) in [6.07, 6.45) is 0. The van der Waals surface area contributed by atoms with Crippen molar-refractivity contribution in [2.75, 3.05) is 0 Å². The van der Waals surface area contributed by atoms with Crippen molar-refractivity contribution in [3.05, 3.63) is 199 Å². The summed E-state index contributed by atoms with van der Waals surface area (Å²) in [5, 5.41) is 10.6. The lowest BCUT2D eigenvalue weighted by Crippen LogP contribution is -2.10. The fourth-order valence-corrected chi connectivity index (χ4v) is 18.9. The zero-order valence-electron chi connectivity index (χ0n) is 51.2. The quantitative estimate of drug-likeness (QED) is 0.122. The summed E-state index contributed by atoms with van der Waals surface area (Å²) in [5.74, 6) is 0. The molecule has 0 atom stereocenters. The molecule has 13 aromatic rings. The molecule has 0 aliphatic carbocycles. The van der Waals surface area contributed by atoms with Gasteiger partial charge in [-0.1, -0.05) is 124 Å². The maximum atomic E-state index is 2.62. The molecule has 0 fully saturated rings. The van der Waals surface area contributed by atoms with Gasteiger partial charge in [0.25, 0.3) is 0 Å². The van der Waals surface area contributed by atoms with Crippen LogP contribution in [0, 0.1) is 83.1 Å². The van der Waals surface area contributed by atoms with Crippen LogP contribution in [0.1, 0.15) is 119 Å². The summed E-state index contributed by atoms with van der Waals surface area (Å²) in [5.41, 5.74) is 29.3. The number of hydrogen-bond acceptors (Lipinski definition) is 0. The molecule has 4 aromatic heterocycles. The second-order valence-corrected chi connectivity index (χ2v) is 30.8. The first kappa shape index (κ1) is 54.6. The molecule has 82 heavy (non-hydrogen) atoms. The van der Waals surface area contributed by atoms with Crippen molar-refractivity contribution in [1.29, 1.82) is 0 Å². The van der Waals surface area contributed by atoms with Crippen molar-refractivity contribution in [2.45, 2.75) is 135 Å². The predicted molar refractivity (Wildman–Crippen MR) is 372 cm³/mol. The molecule has 0 amide bonds. The Bertz CT molecular complexity index is 4910. The molecule has 13 rings (SSSR count). The number of benzene rings is 9. The molecule has 0 saturated heterocycles. The van der Waals surface area contributed by atoms with E-state index in [1.54, 1.807) is 0 Å². The van der Waals surface area contributed by atoms with Gasteiger partial charge in [-0.15, -0.1) is 0 Å². The lowest BCUT2D eigenvalue weighted by Gasteiger charge is -2.20. The van der Waals surface area contributed by atoms with E-state index in [1.807, 2.05) is 45.3 Å². The van der Waals surface area contributed by atoms with Crippen molar-refractivity contribution in [3.8, 4) is 44.5 Å². The zero-order chi connectivity index (χ0) is 57.9.